The van der Waals surface area contributed by atoms with E-state index in [1.54, 1.807) is 7.11 Å². The van der Waals surface area contributed by atoms with E-state index in [1.165, 1.54) is 5.57 Å². The highest BCUT2D eigenvalue weighted by molar-refractivity contribution is 6.32. The molecule has 3 N–H and O–H groups in total. The van der Waals surface area contributed by atoms with Crippen LogP contribution in [0.5, 0.6) is 5.75 Å². The number of ether oxygens (including phenoxy) is 1. The van der Waals surface area contributed by atoms with E-state index in [4.69, 9.17) is 21.3 Å². The number of allylic oxidation sites excluding steroid dienone is 5. The number of aromatic nitrogens is 2. The molecule has 8 heteroatoms. The van der Waals surface area contributed by atoms with Crippen molar-refractivity contribution in [2.45, 2.75) is 59.4 Å². The Labute approximate surface area is 257 Å². The van der Waals surface area contributed by atoms with Crippen LogP contribution in [0.15, 0.2) is 72.1 Å². The molecule has 3 rings (SSSR count). The molecule has 0 unspecified atom stereocenters. The number of hydrogen-bond donors (Lipinski definition) is 3. The molecule has 42 heavy (non-hydrogen) atoms. The number of piperidine rings is 1. The van der Waals surface area contributed by atoms with Crippen LogP contribution in [-0.4, -0.2) is 55.2 Å². The van der Waals surface area contributed by atoms with E-state index in [1.807, 2.05) is 45.3 Å². The minimum absolute atomic E-state index is 0.376. The highest BCUT2D eigenvalue weighted by Gasteiger charge is 2.20. The monoisotopic (exact) mass is 590 g/mol. The van der Waals surface area contributed by atoms with E-state index in [9.17, 15) is 0 Å². The Morgan fingerprint density at radius 3 is 2.57 bits per heavy atom. The number of aryl methyl sites for hydroxylation is 1. The SMILES string of the molecule is C=C(NC)C(/C(=C\C=C/C)Cc1nc(Nc2cc(Cl)c(C(=C)NC3CCN(C)CC3)cc2OC)ncc1C)=C(/C)CC. The van der Waals surface area contributed by atoms with Gasteiger partial charge in [-0.25, -0.2) is 9.97 Å². The van der Waals surface area contributed by atoms with Crippen LogP contribution in [0.4, 0.5) is 11.6 Å². The van der Waals surface area contributed by atoms with Crippen LogP contribution in [-0.2, 0) is 6.42 Å². The minimum Gasteiger partial charge on any atom is -0.495 e. The summed E-state index contributed by atoms with van der Waals surface area (Å²) >= 11 is 6.78. The number of nitrogens with one attached hydrogen (secondary N) is 3. The van der Waals surface area contributed by atoms with Crippen LogP contribution in [0.1, 0.15) is 56.9 Å². The van der Waals surface area contributed by atoms with Gasteiger partial charge < -0.3 is 25.6 Å². The molecular formula is C34H47ClN6O. The lowest BCUT2D eigenvalue weighted by Crippen LogP contribution is -2.39. The number of benzene rings is 1. The molecule has 0 amide bonds. The molecule has 2 heterocycles. The lowest BCUT2D eigenvalue weighted by Gasteiger charge is -2.31. The number of rotatable bonds is 13. The predicted molar refractivity (Wildman–Crippen MR) is 179 cm³/mol. The summed E-state index contributed by atoms with van der Waals surface area (Å²) in [5, 5.41) is 10.7. The molecule has 0 atom stereocenters. The third-order valence-electron chi connectivity index (χ3n) is 7.76. The van der Waals surface area contributed by atoms with Gasteiger partial charge in [-0.15, -0.1) is 0 Å². The van der Waals surface area contributed by atoms with E-state index < -0.39 is 0 Å². The van der Waals surface area contributed by atoms with Crippen LogP contribution >= 0.6 is 11.6 Å². The van der Waals surface area contributed by atoms with Gasteiger partial charge in [-0.05, 0) is 89.0 Å². The van der Waals surface area contributed by atoms with E-state index in [2.05, 4.69) is 72.0 Å². The highest BCUT2D eigenvalue weighted by atomic mass is 35.5. The molecule has 1 aliphatic rings. The molecule has 0 aliphatic carbocycles. The molecule has 7 nitrogen and oxygen atoms in total. The quantitative estimate of drug-likeness (QED) is 0.211. The zero-order valence-electron chi connectivity index (χ0n) is 26.3. The highest BCUT2D eigenvalue weighted by Crippen LogP contribution is 2.36. The van der Waals surface area contributed by atoms with Crippen molar-refractivity contribution in [1.82, 2.24) is 25.5 Å². The van der Waals surface area contributed by atoms with Crippen molar-refractivity contribution in [1.29, 1.82) is 0 Å². The maximum absolute atomic E-state index is 6.78. The van der Waals surface area contributed by atoms with Crippen molar-refractivity contribution >= 4 is 28.9 Å². The molecule has 0 radical (unpaired) electrons. The fourth-order valence-electron chi connectivity index (χ4n) is 5.02. The van der Waals surface area contributed by atoms with Crippen LogP contribution in [0, 0.1) is 6.92 Å². The van der Waals surface area contributed by atoms with Crippen molar-refractivity contribution in [3.8, 4) is 5.75 Å². The Morgan fingerprint density at radius 1 is 1.24 bits per heavy atom. The van der Waals surface area contributed by atoms with Gasteiger partial charge in [0.2, 0.25) is 5.95 Å². The van der Waals surface area contributed by atoms with E-state index in [-0.39, 0.29) is 0 Å². The van der Waals surface area contributed by atoms with E-state index in [0.29, 0.717) is 34.9 Å². The summed E-state index contributed by atoms with van der Waals surface area (Å²) in [7, 11) is 5.70. The summed E-state index contributed by atoms with van der Waals surface area (Å²) in [4.78, 5) is 11.8. The van der Waals surface area contributed by atoms with Gasteiger partial charge in [-0.1, -0.05) is 55.5 Å². The number of nitrogens with zero attached hydrogens (tertiary/aromatic N) is 3. The number of halogens is 1. The molecule has 0 saturated carbocycles. The van der Waals surface area contributed by atoms with Gasteiger partial charge in [-0.3, -0.25) is 0 Å². The summed E-state index contributed by atoms with van der Waals surface area (Å²) < 4.78 is 5.75. The smallest absolute Gasteiger partial charge is 0.227 e. The Morgan fingerprint density at radius 2 is 1.95 bits per heavy atom. The van der Waals surface area contributed by atoms with Crippen molar-refractivity contribution in [3.05, 3.63) is 94.0 Å². The Bertz CT molecular complexity index is 1370. The second-order valence-electron chi connectivity index (χ2n) is 10.8. The third kappa shape index (κ3) is 8.49. The summed E-state index contributed by atoms with van der Waals surface area (Å²) in [5.74, 6) is 1.10. The standard InChI is InChI=1S/C34H47ClN6O/c1-10-12-13-26(33(22(3)11-2)25(6)36-7)18-30-23(4)21-37-34(39-30)40-31-20-29(35)28(19-32(31)42-9)24(5)38-27-14-16-41(8)17-15-27/h10,12-13,19-21,27,36,38H,5-6,11,14-18H2,1-4,7-9H3,(H,37,39,40)/b12-10-,26-13-,33-22+. The molecule has 1 aromatic carbocycles. The molecule has 0 spiro atoms. The van der Waals surface area contributed by atoms with Gasteiger partial charge in [0.05, 0.1) is 23.5 Å². The van der Waals surface area contributed by atoms with E-state index >= 15 is 0 Å². The Balaban J connectivity index is 1.89. The number of likely N-dealkylation sites (N-methyl/N-ethyl adjacent to an activating group) is 1. The molecule has 2 aromatic rings. The van der Waals surface area contributed by atoms with Gasteiger partial charge in [0.15, 0.2) is 0 Å². The number of anilines is 2. The van der Waals surface area contributed by atoms with Gasteiger partial charge in [0.1, 0.15) is 5.75 Å². The Kier molecular flexibility index (Phi) is 12.3. The number of hydrogen-bond acceptors (Lipinski definition) is 7. The summed E-state index contributed by atoms with van der Waals surface area (Å²) in [5.41, 5.74) is 8.65. The van der Waals surface area contributed by atoms with E-state index in [0.717, 1.165) is 71.7 Å². The molecule has 226 valence electrons. The largest absolute Gasteiger partial charge is 0.495 e. The fourth-order valence-corrected chi connectivity index (χ4v) is 5.29. The maximum atomic E-state index is 6.78. The van der Waals surface area contributed by atoms with Crippen molar-refractivity contribution < 1.29 is 4.74 Å². The van der Waals surface area contributed by atoms with Gasteiger partial charge in [-0.2, -0.15) is 0 Å². The van der Waals surface area contributed by atoms with Gasteiger partial charge in [0.25, 0.3) is 0 Å². The summed E-state index contributed by atoms with van der Waals surface area (Å²) in [6.07, 6.45) is 11.8. The van der Waals surface area contributed by atoms with Gasteiger partial charge in [0, 0.05) is 42.7 Å². The summed E-state index contributed by atoms with van der Waals surface area (Å²) in [6.45, 7) is 19.0. The first-order valence-electron chi connectivity index (χ1n) is 14.6. The zero-order valence-corrected chi connectivity index (χ0v) is 27.1. The van der Waals surface area contributed by atoms with Crippen LogP contribution < -0.4 is 20.7 Å². The maximum Gasteiger partial charge on any atom is 0.227 e. The predicted octanol–water partition coefficient (Wildman–Crippen LogP) is 7.35. The van der Waals surface area contributed by atoms with Crippen molar-refractivity contribution in [3.63, 3.8) is 0 Å². The average Bonchev–Trinajstić information content (AvgIpc) is 2.98. The van der Waals surface area contributed by atoms with Crippen molar-refractivity contribution in [2.24, 2.45) is 0 Å². The average molecular weight is 591 g/mol. The lowest BCUT2D eigenvalue weighted by molar-refractivity contribution is 0.245. The summed E-state index contributed by atoms with van der Waals surface area (Å²) in [6, 6.07) is 4.14. The molecule has 1 saturated heterocycles. The molecular weight excluding hydrogens is 544 g/mol. The second kappa shape index (κ2) is 15.6. The van der Waals surface area contributed by atoms with Crippen LogP contribution in [0.25, 0.3) is 5.70 Å². The van der Waals surface area contributed by atoms with Crippen molar-refractivity contribution in [2.75, 3.05) is 39.6 Å². The van der Waals surface area contributed by atoms with Crippen LogP contribution in [0.3, 0.4) is 0 Å². The minimum atomic E-state index is 0.376. The zero-order chi connectivity index (χ0) is 30.8. The fraction of sp³-hybridized carbons (Fsp3) is 0.412. The Hall–Kier alpha value is -3.55. The third-order valence-corrected chi connectivity index (χ3v) is 8.08. The normalized spacial score (nSPS) is 15.4. The first kappa shape index (κ1) is 33.0. The first-order valence-corrected chi connectivity index (χ1v) is 15.0. The molecule has 1 fully saturated rings. The topological polar surface area (TPSA) is 74.3 Å². The second-order valence-corrected chi connectivity index (χ2v) is 11.2. The molecule has 1 aliphatic heterocycles. The lowest BCUT2D eigenvalue weighted by atomic mass is 9.92. The molecule has 1 aromatic heterocycles. The van der Waals surface area contributed by atoms with Gasteiger partial charge >= 0.3 is 0 Å². The first-order chi connectivity index (χ1) is 20.1. The number of likely N-dealkylation sites (tertiary alicyclic amines) is 1. The van der Waals surface area contributed by atoms with Crippen LogP contribution in [0.2, 0.25) is 5.02 Å². The number of methoxy groups -OCH3 is 1. The molecule has 0 bridgehead atoms.